The van der Waals surface area contributed by atoms with Crippen LogP contribution in [0.1, 0.15) is 38.2 Å². The van der Waals surface area contributed by atoms with Gasteiger partial charge in [0.2, 0.25) is 5.91 Å². The van der Waals surface area contributed by atoms with Crippen molar-refractivity contribution in [1.82, 2.24) is 9.80 Å². The molecule has 1 aromatic carbocycles. The van der Waals surface area contributed by atoms with Crippen LogP contribution in [0.4, 0.5) is 0 Å². The van der Waals surface area contributed by atoms with Crippen molar-refractivity contribution in [3.8, 4) is 0 Å². The zero-order valence-electron chi connectivity index (χ0n) is 14.7. The van der Waals surface area contributed by atoms with Crippen molar-refractivity contribution in [2.24, 2.45) is 11.8 Å². The van der Waals surface area contributed by atoms with Gasteiger partial charge in [-0.2, -0.15) is 0 Å². The smallest absolute Gasteiger partial charge is 0.236 e. The molecule has 2 unspecified atom stereocenters. The number of rotatable bonds is 7. The Balaban J connectivity index is 1.67. The topological polar surface area (TPSA) is 43.8 Å². The van der Waals surface area contributed by atoms with Gasteiger partial charge in [0.25, 0.3) is 0 Å². The average molecular weight is 330 g/mol. The maximum atomic E-state index is 12.8. The van der Waals surface area contributed by atoms with Crippen molar-refractivity contribution in [1.29, 1.82) is 0 Å². The molecule has 2 fully saturated rings. The van der Waals surface area contributed by atoms with Crippen LogP contribution in [0.3, 0.4) is 0 Å². The molecule has 4 heteroatoms. The molecule has 1 aromatic rings. The van der Waals surface area contributed by atoms with Gasteiger partial charge in [0, 0.05) is 25.7 Å². The highest BCUT2D eigenvalue weighted by atomic mass is 16.3. The number of hydrogen-bond donors (Lipinski definition) is 1. The van der Waals surface area contributed by atoms with E-state index in [2.05, 4.69) is 24.0 Å². The van der Waals surface area contributed by atoms with E-state index >= 15 is 0 Å². The molecule has 1 heterocycles. The third kappa shape index (κ3) is 4.58. The summed E-state index contributed by atoms with van der Waals surface area (Å²) < 4.78 is 0. The molecule has 0 spiro atoms. The second-order valence-corrected chi connectivity index (χ2v) is 7.57. The minimum Gasteiger partial charge on any atom is -0.395 e. The lowest BCUT2D eigenvalue weighted by molar-refractivity contribution is -0.135. The number of carbonyl (C=O) groups is 1. The molecule has 1 aliphatic heterocycles. The molecule has 0 radical (unpaired) electrons. The number of carbonyl (C=O) groups excluding carboxylic acids is 1. The van der Waals surface area contributed by atoms with Gasteiger partial charge in [-0.25, -0.2) is 0 Å². The fourth-order valence-electron chi connectivity index (χ4n) is 3.84. The van der Waals surface area contributed by atoms with E-state index in [-0.39, 0.29) is 18.6 Å². The molecule has 2 atom stereocenters. The van der Waals surface area contributed by atoms with Gasteiger partial charge in [-0.15, -0.1) is 0 Å². The quantitative estimate of drug-likeness (QED) is 0.835. The Hall–Kier alpha value is -1.39. The van der Waals surface area contributed by atoms with Gasteiger partial charge in [-0.1, -0.05) is 37.3 Å². The number of amides is 1. The predicted octanol–water partition coefficient (Wildman–Crippen LogP) is 2.52. The highest BCUT2D eigenvalue weighted by molar-refractivity contribution is 5.78. The predicted molar refractivity (Wildman–Crippen MR) is 95.4 cm³/mol. The number of hydrogen-bond acceptors (Lipinski definition) is 3. The van der Waals surface area contributed by atoms with Gasteiger partial charge < -0.3 is 10.0 Å². The fourth-order valence-corrected chi connectivity index (χ4v) is 3.84. The summed E-state index contributed by atoms with van der Waals surface area (Å²) >= 11 is 0. The first-order chi connectivity index (χ1) is 11.7. The van der Waals surface area contributed by atoms with Gasteiger partial charge in [0.15, 0.2) is 0 Å². The van der Waals surface area contributed by atoms with E-state index in [1.165, 1.54) is 24.8 Å². The van der Waals surface area contributed by atoms with Crippen molar-refractivity contribution in [2.75, 3.05) is 26.2 Å². The normalized spacial score (nSPS) is 22.6. The molecule has 0 bridgehead atoms. The van der Waals surface area contributed by atoms with Crippen molar-refractivity contribution >= 4 is 5.91 Å². The van der Waals surface area contributed by atoms with E-state index in [1.54, 1.807) is 0 Å². The van der Waals surface area contributed by atoms with Crippen LogP contribution in [0.15, 0.2) is 30.3 Å². The third-order valence-corrected chi connectivity index (χ3v) is 5.40. The molecular formula is C20H30N2O2. The lowest BCUT2D eigenvalue weighted by Crippen LogP contribution is -2.48. The van der Waals surface area contributed by atoms with Crippen LogP contribution in [0.2, 0.25) is 0 Å². The van der Waals surface area contributed by atoms with E-state index in [4.69, 9.17) is 0 Å². The molecule has 1 saturated heterocycles. The van der Waals surface area contributed by atoms with Crippen LogP contribution in [-0.2, 0) is 11.3 Å². The molecule has 3 rings (SSSR count). The number of benzene rings is 1. The van der Waals surface area contributed by atoms with Crippen LogP contribution in [0, 0.1) is 11.8 Å². The van der Waals surface area contributed by atoms with E-state index in [0.29, 0.717) is 18.4 Å². The van der Waals surface area contributed by atoms with Crippen molar-refractivity contribution in [3.05, 3.63) is 35.9 Å². The van der Waals surface area contributed by atoms with Crippen molar-refractivity contribution in [2.45, 2.75) is 45.2 Å². The van der Waals surface area contributed by atoms with Crippen LogP contribution in [0.25, 0.3) is 0 Å². The standard InChI is InChI=1S/C20H30N2O2/c1-16-6-5-11-21(12-16)20(24)14-22(19(15-23)18-9-10-18)13-17-7-3-2-4-8-17/h2-4,7-8,16,18-19,23H,5-6,9-15H2,1H3. The van der Waals surface area contributed by atoms with Gasteiger partial charge in [0.1, 0.15) is 0 Å². The molecule has 1 saturated carbocycles. The number of piperidine rings is 1. The Morgan fingerprint density at radius 1 is 1.29 bits per heavy atom. The summed E-state index contributed by atoms with van der Waals surface area (Å²) in [5.74, 6) is 1.37. The average Bonchev–Trinajstić information content (AvgIpc) is 3.41. The molecule has 1 amide bonds. The van der Waals surface area contributed by atoms with E-state index in [0.717, 1.165) is 26.1 Å². The van der Waals surface area contributed by atoms with Crippen LogP contribution in [-0.4, -0.2) is 53.1 Å². The number of aliphatic hydroxyl groups is 1. The molecule has 1 N–H and O–H groups in total. The van der Waals surface area contributed by atoms with E-state index < -0.39 is 0 Å². The summed E-state index contributed by atoms with van der Waals surface area (Å²) in [6.45, 7) is 5.28. The maximum Gasteiger partial charge on any atom is 0.236 e. The molecule has 4 nitrogen and oxygen atoms in total. The van der Waals surface area contributed by atoms with Gasteiger partial charge in [0.05, 0.1) is 13.2 Å². The second kappa shape index (κ2) is 8.13. The van der Waals surface area contributed by atoms with Crippen LogP contribution >= 0.6 is 0 Å². The first-order valence-electron chi connectivity index (χ1n) is 9.34. The number of aliphatic hydroxyl groups excluding tert-OH is 1. The van der Waals surface area contributed by atoms with Crippen LogP contribution < -0.4 is 0 Å². The Labute approximate surface area is 145 Å². The molecule has 2 aliphatic rings. The Kier molecular flexibility index (Phi) is 5.90. The zero-order valence-corrected chi connectivity index (χ0v) is 14.7. The SMILES string of the molecule is CC1CCCN(C(=O)CN(Cc2ccccc2)C(CO)C2CC2)C1. The Morgan fingerprint density at radius 3 is 2.67 bits per heavy atom. The highest BCUT2D eigenvalue weighted by Gasteiger charge is 2.36. The molecular weight excluding hydrogens is 300 g/mol. The summed E-state index contributed by atoms with van der Waals surface area (Å²) in [5, 5.41) is 9.88. The largest absolute Gasteiger partial charge is 0.395 e. The first-order valence-corrected chi connectivity index (χ1v) is 9.34. The molecule has 0 aromatic heterocycles. The lowest BCUT2D eigenvalue weighted by atomic mass is 10.00. The monoisotopic (exact) mass is 330 g/mol. The van der Waals surface area contributed by atoms with Gasteiger partial charge >= 0.3 is 0 Å². The Morgan fingerprint density at radius 2 is 2.04 bits per heavy atom. The van der Waals surface area contributed by atoms with Crippen LogP contribution in [0.5, 0.6) is 0 Å². The van der Waals surface area contributed by atoms with Gasteiger partial charge in [-0.05, 0) is 43.1 Å². The van der Waals surface area contributed by atoms with Crippen molar-refractivity contribution in [3.63, 3.8) is 0 Å². The highest BCUT2D eigenvalue weighted by Crippen LogP contribution is 2.35. The summed E-state index contributed by atoms with van der Waals surface area (Å²) in [4.78, 5) is 17.0. The fraction of sp³-hybridized carbons (Fsp3) is 0.650. The summed E-state index contributed by atoms with van der Waals surface area (Å²) in [6, 6.07) is 10.4. The van der Waals surface area contributed by atoms with Crippen molar-refractivity contribution < 1.29 is 9.90 Å². The third-order valence-electron chi connectivity index (χ3n) is 5.40. The zero-order chi connectivity index (χ0) is 16.9. The minimum absolute atomic E-state index is 0.108. The maximum absolute atomic E-state index is 12.8. The molecule has 1 aliphatic carbocycles. The number of nitrogens with zero attached hydrogens (tertiary/aromatic N) is 2. The lowest BCUT2D eigenvalue weighted by Gasteiger charge is -2.35. The summed E-state index contributed by atoms with van der Waals surface area (Å²) in [5.41, 5.74) is 1.21. The Bertz CT molecular complexity index is 530. The summed E-state index contributed by atoms with van der Waals surface area (Å²) in [7, 11) is 0. The number of likely N-dealkylation sites (tertiary alicyclic amines) is 1. The first kappa shape index (κ1) is 17.4. The van der Waals surface area contributed by atoms with E-state index in [9.17, 15) is 9.90 Å². The second-order valence-electron chi connectivity index (χ2n) is 7.57. The minimum atomic E-state index is 0.108. The summed E-state index contributed by atoms with van der Waals surface area (Å²) in [6.07, 6.45) is 4.67. The molecule has 24 heavy (non-hydrogen) atoms. The molecule has 132 valence electrons. The van der Waals surface area contributed by atoms with E-state index in [1.807, 2.05) is 23.1 Å². The van der Waals surface area contributed by atoms with Gasteiger partial charge in [-0.3, -0.25) is 9.69 Å².